The monoisotopic (exact) mass is 157 g/mol. The largest absolute Gasteiger partial charge is 0.445 e. The highest BCUT2D eigenvalue weighted by molar-refractivity contribution is 5.08. The molecule has 0 aliphatic rings. The summed E-state index contributed by atoms with van der Waals surface area (Å²) in [6.45, 7) is 1.72. The molecule has 1 aromatic rings. The smallest absolute Gasteiger partial charge is 0.181 e. The normalized spacial score (nSPS) is 13.4. The Balaban J connectivity index is 2.83. The minimum absolute atomic E-state index is 0.112. The van der Waals surface area contributed by atoms with E-state index in [1.165, 1.54) is 6.39 Å². The maximum atomic E-state index is 8.77. The van der Waals surface area contributed by atoms with Crippen molar-refractivity contribution in [3.05, 3.63) is 17.8 Å². The van der Waals surface area contributed by atoms with Crippen LogP contribution in [0.3, 0.4) is 0 Å². The molecule has 0 aliphatic heterocycles. The molecule has 0 radical (unpaired) electrons. The predicted molar refractivity (Wildman–Crippen MR) is 37.8 cm³/mol. The number of hydrogen-bond donors (Lipinski definition) is 1. The highest BCUT2D eigenvalue weighted by Gasteiger charge is 2.13. The van der Waals surface area contributed by atoms with Gasteiger partial charge in [-0.05, 0) is 6.92 Å². The lowest BCUT2D eigenvalue weighted by Gasteiger charge is -2.05. The Morgan fingerprint density at radius 3 is 3.09 bits per heavy atom. The third-order valence-electron chi connectivity index (χ3n) is 1.55. The number of methoxy groups -OCH3 is 1. The molecule has 0 aromatic carbocycles. The highest BCUT2D eigenvalue weighted by atomic mass is 16.5. The summed E-state index contributed by atoms with van der Waals surface area (Å²) >= 11 is 0. The van der Waals surface area contributed by atoms with Crippen molar-refractivity contribution in [3.8, 4) is 0 Å². The second-order valence-electron chi connectivity index (χ2n) is 2.20. The molecular weight excluding hydrogens is 146 g/mol. The predicted octanol–water partition coefficient (Wildman–Crippen LogP) is 0.874. The first-order valence-electron chi connectivity index (χ1n) is 3.35. The standard InChI is InChI=1S/C7H11NO3/c1-5(10-2)7-6(3-9)8-4-11-7/h4-5,9H,3H2,1-2H3. The van der Waals surface area contributed by atoms with E-state index in [9.17, 15) is 0 Å². The van der Waals surface area contributed by atoms with Gasteiger partial charge in [0.1, 0.15) is 11.8 Å². The molecule has 62 valence electrons. The average Bonchev–Trinajstić information content (AvgIpc) is 2.50. The van der Waals surface area contributed by atoms with Crippen LogP contribution in [0, 0.1) is 0 Å². The summed E-state index contributed by atoms with van der Waals surface area (Å²) in [4.78, 5) is 3.81. The van der Waals surface area contributed by atoms with Crippen molar-refractivity contribution in [2.45, 2.75) is 19.6 Å². The molecule has 1 aromatic heterocycles. The van der Waals surface area contributed by atoms with Crippen LogP contribution in [0.5, 0.6) is 0 Å². The number of hydrogen-bond acceptors (Lipinski definition) is 4. The van der Waals surface area contributed by atoms with E-state index in [0.717, 1.165) is 0 Å². The third kappa shape index (κ3) is 1.58. The molecule has 4 nitrogen and oxygen atoms in total. The Kier molecular flexibility index (Phi) is 2.62. The van der Waals surface area contributed by atoms with E-state index < -0.39 is 0 Å². The Morgan fingerprint density at radius 1 is 1.82 bits per heavy atom. The molecule has 0 fully saturated rings. The first-order valence-corrected chi connectivity index (χ1v) is 3.35. The fourth-order valence-corrected chi connectivity index (χ4v) is 0.835. The highest BCUT2D eigenvalue weighted by Crippen LogP contribution is 2.18. The average molecular weight is 157 g/mol. The Labute approximate surface area is 64.8 Å². The molecule has 0 saturated carbocycles. The molecule has 0 saturated heterocycles. The number of ether oxygens (including phenoxy) is 1. The maximum Gasteiger partial charge on any atom is 0.181 e. The zero-order valence-electron chi connectivity index (χ0n) is 6.57. The van der Waals surface area contributed by atoms with E-state index in [2.05, 4.69) is 4.98 Å². The van der Waals surface area contributed by atoms with E-state index in [-0.39, 0.29) is 12.7 Å². The van der Waals surface area contributed by atoms with Crippen molar-refractivity contribution in [2.75, 3.05) is 7.11 Å². The molecule has 4 heteroatoms. The minimum atomic E-state index is -0.153. The number of rotatable bonds is 3. The van der Waals surface area contributed by atoms with Crippen molar-refractivity contribution in [3.63, 3.8) is 0 Å². The third-order valence-corrected chi connectivity index (χ3v) is 1.55. The molecule has 1 atom stereocenters. The number of aromatic nitrogens is 1. The molecular formula is C7H11NO3. The van der Waals surface area contributed by atoms with Crippen LogP contribution in [0.2, 0.25) is 0 Å². The number of oxazole rings is 1. The number of aliphatic hydroxyl groups is 1. The van der Waals surface area contributed by atoms with E-state index >= 15 is 0 Å². The van der Waals surface area contributed by atoms with Crippen LogP contribution in [0.15, 0.2) is 10.8 Å². The fourth-order valence-electron chi connectivity index (χ4n) is 0.835. The Hall–Kier alpha value is -0.870. The SMILES string of the molecule is COC(C)c1ocnc1CO. The van der Waals surface area contributed by atoms with Gasteiger partial charge in [-0.3, -0.25) is 0 Å². The first kappa shape index (κ1) is 8.23. The van der Waals surface area contributed by atoms with E-state index in [1.54, 1.807) is 7.11 Å². The number of aliphatic hydroxyl groups excluding tert-OH is 1. The van der Waals surface area contributed by atoms with Crippen LogP contribution in [-0.2, 0) is 11.3 Å². The summed E-state index contributed by atoms with van der Waals surface area (Å²) in [6, 6.07) is 0. The molecule has 0 spiro atoms. The van der Waals surface area contributed by atoms with Gasteiger partial charge >= 0.3 is 0 Å². The van der Waals surface area contributed by atoms with Crippen LogP contribution in [0.25, 0.3) is 0 Å². The molecule has 11 heavy (non-hydrogen) atoms. The van der Waals surface area contributed by atoms with Crippen LogP contribution >= 0.6 is 0 Å². The van der Waals surface area contributed by atoms with Crippen LogP contribution in [0.1, 0.15) is 24.5 Å². The second kappa shape index (κ2) is 3.50. The Bertz CT molecular complexity index is 221. The van der Waals surface area contributed by atoms with Gasteiger partial charge < -0.3 is 14.3 Å². The summed E-state index contributed by atoms with van der Waals surface area (Å²) in [5.74, 6) is 0.593. The summed E-state index contributed by atoms with van der Waals surface area (Å²) in [5, 5.41) is 8.77. The van der Waals surface area contributed by atoms with Crippen molar-refractivity contribution >= 4 is 0 Å². The van der Waals surface area contributed by atoms with Gasteiger partial charge in [-0.25, -0.2) is 4.98 Å². The number of nitrogens with zero attached hydrogens (tertiary/aromatic N) is 1. The molecule has 1 N–H and O–H groups in total. The van der Waals surface area contributed by atoms with E-state index in [0.29, 0.717) is 11.5 Å². The van der Waals surface area contributed by atoms with E-state index in [4.69, 9.17) is 14.3 Å². The summed E-state index contributed by atoms with van der Waals surface area (Å²) in [7, 11) is 1.58. The molecule has 0 aliphatic carbocycles. The lowest BCUT2D eigenvalue weighted by atomic mass is 10.2. The second-order valence-corrected chi connectivity index (χ2v) is 2.20. The van der Waals surface area contributed by atoms with Gasteiger partial charge in [0, 0.05) is 7.11 Å². The van der Waals surface area contributed by atoms with Gasteiger partial charge in [0.25, 0.3) is 0 Å². The van der Waals surface area contributed by atoms with E-state index in [1.807, 2.05) is 6.92 Å². The lowest BCUT2D eigenvalue weighted by molar-refractivity contribution is 0.0966. The van der Waals surface area contributed by atoms with Crippen LogP contribution in [-0.4, -0.2) is 17.2 Å². The fraction of sp³-hybridized carbons (Fsp3) is 0.571. The molecule has 0 amide bonds. The van der Waals surface area contributed by atoms with Gasteiger partial charge in [0.15, 0.2) is 12.2 Å². The van der Waals surface area contributed by atoms with Crippen LogP contribution < -0.4 is 0 Å². The molecule has 1 heterocycles. The summed E-state index contributed by atoms with van der Waals surface area (Å²) in [5.41, 5.74) is 0.541. The zero-order chi connectivity index (χ0) is 8.27. The summed E-state index contributed by atoms with van der Waals surface area (Å²) < 4.78 is 10.0. The van der Waals surface area contributed by atoms with Crippen molar-refractivity contribution in [1.29, 1.82) is 0 Å². The minimum Gasteiger partial charge on any atom is -0.445 e. The van der Waals surface area contributed by atoms with Gasteiger partial charge in [0.05, 0.1) is 6.61 Å². The van der Waals surface area contributed by atoms with Crippen molar-refractivity contribution < 1.29 is 14.3 Å². The molecule has 0 bridgehead atoms. The topological polar surface area (TPSA) is 55.5 Å². The quantitative estimate of drug-likeness (QED) is 0.707. The molecule has 1 unspecified atom stereocenters. The van der Waals surface area contributed by atoms with Crippen molar-refractivity contribution in [2.24, 2.45) is 0 Å². The first-order chi connectivity index (χ1) is 5.29. The zero-order valence-corrected chi connectivity index (χ0v) is 6.57. The maximum absolute atomic E-state index is 8.77. The Morgan fingerprint density at radius 2 is 2.55 bits per heavy atom. The molecule has 1 rings (SSSR count). The van der Waals surface area contributed by atoms with Gasteiger partial charge in [-0.1, -0.05) is 0 Å². The lowest BCUT2D eigenvalue weighted by Crippen LogP contribution is -1.98. The van der Waals surface area contributed by atoms with Gasteiger partial charge in [-0.2, -0.15) is 0 Å². The van der Waals surface area contributed by atoms with Gasteiger partial charge in [0.2, 0.25) is 0 Å². The van der Waals surface area contributed by atoms with Gasteiger partial charge in [-0.15, -0.1) is 0 Å². The van der Waals surface area contributed by atoms with Crippen molar-refractivity contribution in [1.82, 2.24) is 4.98 Å². The van der Waals surface area contributed by atoms with Crippen LogP contribution in [0.4, 0.5) is 0 Å². The summed E-state index contributed by atoms with van der Waals surface area (Å²) in [6.07, 6.45) is 1.15.